The zero-order chi connectivity index (χ0) is 40.1. The number of ether oxygens (including phenoxy) is 2. The number of nitrogens with zero attached hydrogens (tertiary/aromatic N) is 2. The molecule has 3 atom stereocenters. The predicted molar refractivity (Wildman–Crippen MR) is 221 cm³/mol. The Bertz CT molecular complexity index is 2020. The van der Waals surface area contributed by atoms with E-state index in [-0.39, 0.29) is 51.0 Å². The average molecular weight is 816 g/mol. The highest BCUT2D eigenvalue weighted by Crippen LogP contribution is 2.56. The van der Waals surface area contributed by atoms with E-state index in [1.807, 2.05) is 97.1 Å². The molecule has 4 aromatic carbocycles. The average Bonchev–Trinajstić information content (AvgIpc) is 3.64. The van der Waals surface area contributed by atoms with Crippen LogP contribution in [0.4, 0.5) is 10.1 Å². The fraction of sp³-hybridized carbons (Fsp3) is 0.310. The molecule has 300 valence electrons. The van der Waals surface area contributed by atoms with Crippen molar-refractivity contribution in [1.82, 2.24) is 10.3 Å². The smallest absolute Gasteiger partial charge is 0.243 e. The molecule has 0 aliphatic carbocycles. The van der Waals surface area contributed by atoms with Crippen LogP contribution in [0.2, 0.25) is 0 Å². The van der Waals surface area contributed by atoms with E-state index in [0.717, 1.165) is 27.1 Å². The molecule has 2 amide bonds. The van der Waals surface area contributed by atoms with E-state index in [9.17, 15) is 18.8 Å². The molecule has 15 heteroatoms. The Hall–Kier alpha value is -4.82. The summed E-state index contributed by atoms with van der Waals surface area (Å²) in [7, 11) is 0.192. The summed E-state index contributed by atoms with van der Waals surface area (Å²) in [6.45, 7) is 1.17. The maximum absolute atomic E-state index is 14.0. The first-order valence-corrected chi connectivity index (χ1v) is 21.3. The van der Waals surface area contributed by atoms with Crippen LogP contribution in [-0.2, 0) is 34.7 Å². The van der Waals surface area contributed by atoms with Crippen LogP contribution in [0.1, 0.15) is 42.4 Å². The molecular weight excluding hydrogens is 769 g/mol. The number of nitrogens with one attached hydrogen (secondary N) is 1. The third-order valence-electron chi connectivity index (χ3n) is 9.51. The number of para-hydroxylation sites is 1. The number of carbonyl (C=O) groups excluding carboxylic acids is 3. The molecule has 0 saturated carbocycles. The van der Waals surface area contributed by atoms with Gasteiger partial charge in [-0.15, -0.1) is 0 Å². The van der Waals surface area contributed by atoms with Crippen LogP contribution in [0.25, 0.3) is 22.5 Å². The first-order valence-electron chi connectivity index (χ1n) is 18.7. The molecular formula is C42H47FN5O7PS. The summed E-state index contributed by atoms with van der Waals surface area (Å²) in [5.41, 5.74) is 13.1. The largest absolute Gasteiger partial charge is 0.492 e. The number of fused-ring (bicyclic) bond motifs is 2. The van der Waals surface area contributed by atoms with E-state index in [1.165, 1.54) is 11.4 Å². The molecule has 0 radical (unpaired) electrons. The number of alkyl halides is 1. The molecule has 0 spiro atoms. The first kappa shape index (κ1) is 41.8. The molecule has 1 fully saturated rings. The zero-order valence-electron chi connectivity index (χ0n) is 31.7. The van der Waals surface area contributed by atoms with E-state index >= 15 is 0 Å². The summed E-state index contributed by atoms with van der Waals surface area (Å²) < 4.78 is 36.5. The van der Waals surface area contributed by atoms with Gasteiger partial charge in [-0.05, 0) is 71.2 Å². The van der Waals surface area contributed by atoms with Gasteiger partial charge in [0.05, 0.1) is 49.9 Å². The molecule has 5 N–H and O–H groups in total. The van der Waals surface area contributed by atoms with Gasteiger partial charge in [0.15, 0.2) is 6.17 Å². The Morgan fingerprint density at radius 2 is 1.65 bits per heavy atom. The van der Waals surface area contributed by atoms with E-state index in [1.54, 1.807) is 17.0 Å². The van der Waals surface area contributed by atoms with Gasteiger partial charge in [0.2, 0.25) is 19.4 Å². The van der Waals surface area contributed by atoms with Crippen LogP contribution in [0, 0.1) is 0 Å². The van der Waals surface area contributed by atoms with Crippen molar-refractivity contribution in [3.05, 3.63) is 114 Å². The van der Waals surface area contributed by atoms with Gasteiger partial charge in [-0.25, -0.2) is 10.2 Å². The van der Waals surface area contributed by atoms with E-state index in [0.29, 0.717) is 60.6 Å². The molecule has 1 saturated heterocycles. The number of amides is 2. The second kappa shape index (κ2) is 20.6. The number of hydrogen-bond donors (Lipinski definition) is 3. The Morgan fingerprint density at radius 1 is 0.965 bits per heavy atom. The summed E-state index contributed by atoms with van der Waals surface area (Å²) in [5.74, 6) is 7.15. The second-order valence-electron chi connectivity index (χ2n) is 13.4. The summed E-state index contributed by atoms with van der Waals surface area (Å²) >= 11 is 1.43. The van der Waals surface area contributed by atoms with Gasteiger partial charge in [0, 0.05) is 36.0 Å². The number of hydrogen-bond acceptors (Lipinski definition) is 11. The monoisotopic (exact) mass is 815 g/mol. The molecule has 2 aliphatic heterocycles. The lowest BCUT2D eigenvalue weighted by Gasteiger charge is -2.33. The Kier molecular flexibility index (Phi) is 15.1. The molecule has 0 bridgehead atoms. The lowest BCUT2D eigenvalue weighted by molar-refractivity contribution is -0.123. The first-order chi connectivity index (χ1) is 27.7. The van der Waals surface area contributed by atoms with Crippen LogP contribution < -0.4 is 26.5 Å². The topological polar surface area (TPSA) is 159 Å². The number of unbranched alkanes of at least 4 members (excludes halogenated alkanes) is 1. The fourth-order valence-electron chi connectivity index (χ4n) is 6.56. The lowest BCUT2D eigenvalue weighted by Crippen LogP contribution is -2.37. The normalized spacial score (nSPS) is 18.1. The Morgan fingerprint density at radius 3 is 2.35 bits per heavy atom. The molecule has 4 aromatic rings. The fourth-order valence-corrected chi connectivity index (χ4v) is 9.17. The third-order valence-corrected chi connectivity index (χ3v) is 12.7. The SMILES string of the molecule is CO[P@@](OC1COCC1F)Sc1ccc(-c2ccc(OCCN(N)/C3=C(\N)c4ccccc4N(C(=O)CCCCC(=O)NCC=O)Cc4ccccc43)cc2)cc1. The van der Waals surface area contributed by atoms with Crippen molar-refractivity contribution in [2.75, 3.05) is 44.9 Å². The lowest BCUT2D eigenvalue weighted by atomic mass is 9.95. The number of aldehydes is 1. The van der Waals surface area contributed by atoms with Crippen molar-refractivity contribution in [3.63, 3.8) is 0 Å². The molecule has 0 aromatic heterocycles. The number of benzene rings is 4. The van der Waals surface area contributed by atoms with Gasteiger partial charge in [-0.1, -0.05) is 66.7 Å². The highest BCUT2D eigenvalue weighted by Gasteiger charge is 2.32. The van der Waals surface area contributed by atoms with E-state index in [2.05, 4.69) is 5.32 Å². The molecule has 12 nitrogen and oxygen atoms in total. The van der Waals surface area contributed by atoms with Crippen molar-refractivity contribution in [1.29, 1.82) is 0 Å². The number of hydrazine groups is 1. The quantitative estimate of drug-likeness (QED) is 0.0318. The second-order valence-corrected chi connectivity index (χ2v) is 16.5. The summed E-state index contributed by atoms with van der Waals surface area (Å²) in [4.78, 5) is 38.9. The predicted octanol–water partition coefficient (Wildman–Crippen LogP) is 6.83. The van der Waals surface area contributed by atoms with Gasteiger partial charge in [0.25, 0.3) is 0 Å². The van der Waals surface area contributed by atoms with Gasteiger partial charge in [-0.2, -0.15) is 0 Å². The standard InChI is InChI=1S/C42H47FN5O7PS/c1-52-56(55-38-28-53-27-36(38)43)57-33-20-16-30(17-21-33)29-14-18-32(19-15-29)54-25-23-48(45)42-34-9-3-2-8-31(34)26-47(37-11-5-4-10-35(37)41(42)44)40(51)13-7-6-12-39(50)46-22-24-49/h2-5,8-11,14-21,24,36,38H,6-7,12-13,22-23,25-28,44-45H2,1H3,(H,46,50)/b42-41-/t36?,38?,56-/m0/s1. The number of carbonyl (C=O) groups is 3. The third kappa shape index (κ3) is 11.0. The number of anilines is 1. The molecule has 57 heavy (non-hydrogen) atoms. The highest BCUT2D eigenvalue weighted by atomic mass is 32.7. The maximum atomic E-state index is 14.0. The van der Waals surface area contributed by atoms with Gasteiger partial charge in [0.1, 0.15) is 24.7 Å². The van der Waals surface area contributed by atoms with Crippen LogP contribution in [0.3, 0.4) is 0 Å². The molecule has 2 unspecified atom stereocenters. The van der Waals surface area contributed by atoms with Crippen molar-refractivity contribution < 1.29 is 37.3 Å². The van der Waals surface area contributed by atoms with Crippen LogP contribution in [0.5, 0.6) is 5.75 Å². The van der Waals surface area contributed by atoms with Crippen molar-refractivity contribution >= 4 is 54.1 Å². The Balaban J connectivity index is 1.08. The number of rotatable bonds is 18. The van der Waals surface area contributed by atoms with Crippen molar-refractivity contribution in [3.8, 4) is 16.9 Å². The molecule has 2 aliphatic rings. The van der Waals surface area contributed by atoms with E-state index in [4.69, 9.17) is 30.1 Å². The zero-order valence-corrected chi connectivity index (χ0v) is 33.4. The molecule has 6 rings (SSSR count). The van der Waals surface area contributed by atoms with Crippen molar-refractivity contribution in [2.45, 2.75) is 49.4 Å². The van der Waals surface area contributed by atoms with Crippen LogP contribution >= 0.6 is 19.0 Å². The van der Waals surface area contributed by atoms with Crippen LogP contribution in [-0.4, -0.2) is 75.4 Å². The minimum absolute atomic E-state index is 0.0186. The van der Waals surface area contributed by atoms with Gasteiger partial charge < -0.3 is 44.3 Å². The van der Waals surface area contributed by atoms with Gasteiger partial charge in [-0.3, -0.25) is 9.59 Å². The number of nitrogens with two attached hydrogens (primary N) is 2. The van der Waals surface area contributed by atoms with E-state index < -0.39 is 19.9 Å². The van der Waals surface area contributed by atoms with Crippen molar-refractivity contribution in [2.24, 2.45) is 11.6 Å². The minimum Gasteiger partial charge on any atom is -0.492 e. The maximum Gasteiger partial charge on any atom is 0.243 e. The number of halogens is 1. The highest BCUT2D eigenvalue weighted by molar-refractivity contribution is 8.52. The van der Waals surface area contributed by atoms with Crippen LogP contribution in [0.15, 0.2) is 102 Å². The van der Waals surface area contributed by atoms with Gasteiger partial charge >= 0.3 is 0 Å². The minimum atomic E-state index is -1.37. The molecule has 2 heterocycles. The summed E-state index contributed by atoms with van der Waals surface area (Å²) in [6, 6.07) is 31.1. The summed E-state index contributed by atoms with van der Waals surface area (Å²) in [5, 5.41) is 4.13. The summed E-state index contributed by atoms with van der Waals surface area (Å²) in [6.07, 6.45) is 0.407. The Labute approximate surface area is 337 Å².